The number of aryl methyl sites for hydroxylation is 1. The van der Waals surface area contributed by atoms with E-state index >= 15 is 0 Å². The molecule has 0 amide bonds. The van der Waals surface area contributed by atoms with Crippen molar-refractivity contribution in [1.29, 1.82) is 0 Å². The Morgan fingerprint density at radius 3 is 3.12 bits per heavy atom. The molecule has 1 aromatic heterocycles. The number of thioether (sulfide) groups is 1. The van der Waals surface area contributed by atoms with E-state index in [1.807, 2.05) is 18.7 Å². The molecule has 2 heterocycles. The quantitative estimate of drug-likeness (QED) is 0.861. The summed E-state index contributed by atoms with van der Waals surface area (Å²) in [6, 6.07) is 3.33. The van der Waals surface area contributed by atoms with Crippen molar-refractivity contribution in [2.24, 2.45) is 0 Å². The van der Waals surface area contributed by atoms with E-state index in [1.54, 1.807) is 12.1 Å². The van der Waals surface area contributed by atoms with Gasteiger partial charge in [-0.25, -0.2) is 9.78 Å². The summed E-state index contributed by atoms with van der Waals surface area (Å²) in [4.78, 5) is 15.3. The summed E-state index contributed by atoms with van der Waals surface area (Å²) in [6.07, 6.45) is 2.45. The van der Waals surface area contributed by atoms with Gasteiger partial charge in [-0.05, 0) is 37.7 Å². The summed E-state index contributed by atoms with van der Waals surface area (Å²) in [7, 11) is 0. The fourth-order valence-corrected chi connectivity index (χ4v) is 3.08. The molecular formula is C12H16N2O2S. The van der Waals surface area contributed by atoms with Crippen molar-refractivity contribution in [3.8, 4) is 0 Å². The predicted molar refractivity (Wildman–Crippen MR) is 69.9 cm³/mol. The Hall–Kier alpha value is -1.23. The first-order valence-corrected chi connectivity index (χ1v) is 6.78. The van der Waals surface area contributed by atoms with Crippen LogP contribution in [0.5, 0.6) is 0 Å². The fourth-order valence-electron chi connectivity index (χ4n) is 1.88. The Kier molecular flexibility index (Phi) is 3.89. The number of pyridine rings is 1. The summed E-state index contributed by atoms with van der Waals surface area (Å²) >= 11 is 1.94. The first-order chi connectivity index (χ1) is 8.16. The van der Waals surface area contributed by atoms with Gasteiger partial charge in [0.15, 0.2) is 0 Å². The smallest absolute Gasteiger partial charge is 0.339 e. The molecule has 1 unspecified atom stereocenters. The van der Waals surface area contributed by atoms with E-state index in [0.29, 0.717) is 11.1 Å². The highest BCUT2D eigenvalue weighted by Gasteiger charge is 2.17. The van der Waals surface area contributed by atoms with Crippen molar-refractivity contribution in [3.63, 3.8) is 0 Å². The molecule has 2 N–H and O–H groups in total. The highest BCUT2D eigenvalue weighted by molar-refractivity contribution is 8.00. The monoisotopic (exact) mass is 252 g/mol. The van der Waals surface area contributed by atoms with E-state index in [-0.39, 0.29) is 5.56 Å². The summed E-state index contributed by atoms with van der Waals surface area (Å²) < 4.78 is 0. The molecular weight excluding hydrogens is 236 g/mol. The highest BCUT2D eigenvalue weighted by Crippen LogP contribution is 2.26. The minimum Gasteiger partial charge on any atom is -0.478 e. The predicted octanol–water partition coefficient (Wildman–Crippen LogP) is 2.40. The molecule has 1 aliphatic heterocycles. The molecule has 5 heteroatoms. The number of carboxylic acid groups (broad SMARTS) is 1. The third-order valence-electron chi connectivity index (χ3n) is 2.79. The molecule has 2 rings (SSSR count). The topological polar surface area (TPSA) is 62.2 Å². The van der Waals surface area contributed by atoms with E-state index < -0.39 is 5.97 Å². The van der Waals surface area contributed by atoms with Crippen LogP contribution in [0.4, 0.5) is 5.82 Å². The van der Waals surface area contributed by atoms with E-state index in [2.05, 4.69) is 10.3 Å². The molecule has 4 nitrogen and oxygen atoms in total. The normalized spacial score (nSPS) is 19.2. The van der Waals surface area contributed by atoms with Gasteiger partial charge in [0.1, 0.15) is 11.4 Å². The lowest BCUT2D eigenvalue weighted by Gasteiger charge is -2.12. The zero-order chi connectivity index (χ0) is 12.3. The lowest BCUT2D eigenvalue weighted by molar-refractivity contribution is 0.0697. The van der Waals surface area contributed by atoms with Gasteiger partial charge < -0.3 is 10.4 Å². The second-order valence-corrected chi connectivity index (χ2v) is 5.58. The van der Waals surface area contributed by atoms with Crippen molar-refractivity contribution >= 4 is 23.5 Å². The van der Waals surface area contributed by atoms with Crippen LogP contribution in [0.1, 0.15) is 28.9 Å². The number of hydrogen-bond acceptors (Lipinski definition) is 4. The number of aromatic nitrogens is 1. The van der Waals surface area contributed by atoms with Gasteiger partial charge >= 0.3 is 5.97 Å². The molecule has 0 aliphatic carbocycles. The van der Waals surface area contributed by atoms with Crippen LogP contribution in [0.3, 0.4) is 0 Å². The van der Waals surface area contributed by atoms with Crippen molar-refractivity contribution in [1.82, 2.24) is 4.98 Å². The molecule has 0 aromatic carbocycles. The molecule has 0 spiro atoms. The second-order valence-electron chi connectivity index (χ2n) is 4.17. The Morgan fingerprint density at radius 2 is 2.47 bits per heavy atom. The average molecular weight is 252 g/mol. The van der Waals surface area contributed by atoms with Crippen LogP contribution in [0, 0.1) is 6.92 Å². The molecule has 1 fully saturated rings. The number of hydrogen-bond donors (Lipinski definition) is 2. The van der Waals surface area contributed by atoms with Crippen LogP contribution in [0.2, 0.25) is 0 Å². The first kappa shape index (κ1) is 12.2. The molecule has 0 saturated carbocycles. The number of carboxylic acids is 1. The van der Waals surface area contributed by atoms with Crippen LogP contribution in [0.25, 0.3) is 0 Å². The number of carbonyl (C=O) groups is 1. The molecule has 17 heavy (non-hydrogen) atoms. The van der Waals surface area contributed by atoms with E-state index in [9.17, 15) is 4.79 Å². The first-order valence-electron chi connectivity index (χ1n) is 5.73. The van der Waals surface area contributed by atoms with Gasteiger partial charge in [-0.15, -0.1) is 0 Å². The van der Waals surface area contributed by atoms with Crippen molar-refractivity contribution < 1.29 is 9.90 Å². The zero-order valence-corrected chi connectivity index (χ0v) is 10.6. The second kappa shape index (κ2) is 5.40. The number of rotatable bonds is 4. The lowest BCUT2D eigenvalue weighted by atomic mass is 10.2. The van der Waals surface area contributed by atoms with Gasteiger partial charge in [-0.2, -0.15) is 11.8 Å². The van der Waals surface area contributed by atoms with Gasteiger partial charge in [0.2, 0.25) is 0 Å². The maximum atomic E-state index is 11.0. The Balaban J connectivity index is 2.07. The zero-order valence-electron chi connectivity index (χ0n) is 9.77. The molecule has 0 radical (unpaired) electrons. The van der Waals surface area contributed by atoms with Crippen LogP contribution in [0.15, 0.2) is 12.1 Å². The molecule has 1 aliphatic rings. The van der Waals surface area contributed by atoms with Crippen molar-refractivity contribution in [2.45, 2.75) is 25.0 Å². The number of nitrogens with zero attached hydrogens (tertiary/aromatic N) is 1. The van der Waals surface area contributed by atoms with Crippen molar-refractivity contribution in [2.75, 3.05) is 17.6 Å². The largest absolute Gasteiger partial charge is 0.478 e. The average Bonchev–Trinajstić information content (AvgIpc) is 2.78. The van der Waals surface area contributed by atoms with E-state index in [4.69, 9.17) is 5.11 Å². The lowest BCUT2D eigenvalue weighted by Crippen LogP contribution is -2.17. The summed E-state index contributed by atoms with van der Waals surface area (Å²) in [6.45, 7) is 2.66. The summed E-state index contributed by atoms with van der Waals surface area (Å²) in [5, 5.41) is 12.8. The van der Waals surface area contributed by atoms with Gasteiger partial charge in [0, 0.05) is 17.5 Å². The Labute approximate surface area is 105 Å². The van der Waals surface area contributed by atoms with Gasteiger partial charge in [0.25, 0.3) is 0 Å². The van der Waals surface area contributed by atoms with Crippen LogP contribution in [-0.2, 0) is 0 Å². The standard InChI is InChI=1S/C12H16N2O2S/c1-8-4-5-10(12(15)16)11(14-8)13-7-9-3-2-6-17-9/h4-5,9H,2-3,6-7H2,1H3,(H,13,14)(H,15,16). The van der Waals surface area contributed by atoms with Crippen LogP contribution >= 0.6 is 11.8 Å². The Morgan fingerprint density at radius 1 is 1.65 bits per heavy atom. The van der Waals surface area contributed by atoms with Gasteiger partial charge in [-0.3, -0.25) is 0 Å². The summed E-state index contributed by atoms with van der Waals surface area (Å²) in [5.74, 6) is 0.767. The molecule has 1 atom stereocenters. The van der Waals surface area contributed by atoms with E-state index in [1.165, 1.54) is 18.6 Å². The SMILES string of the molecule is Cc1ccc(C(=O)O)c(NCC2CCCS2)n1. The minimum atomic E-state index is -0.931. The Bertz CT molecular complexity index is 417. The number of aromatic carboxylic acids is 1. The third-order valence-corrected chi connectivity index (χ3v) is 4.18. The summed E-state index contributed by atoms with van der Waals surface area (Å²) in [5.41, 5.74) is 1.08. The maximum absolute atomic E-state index is 11.0. The number of anilines is 1. The number of nitrogens with one attached hydrogen (secondary N) is 1. The molecule has 0 bridgehead atoms. The van der Waals surface area contributed by atoms with Crippen molar-refractivity contribution in [3.05, 3.63) is 23.4 Å². The van der Waals surface area contributed by atoms with Gasteiger partial charge in [0.05, 0.1) is 0 Å². The van der Waals surface area contributed by atoms with Crippen LogP contribution in [-0.4, -0.2) is 33.6 Å². The fraction of sp³-hybridized carbons (Fsp3) is 0.500. The molecule has 1 aromatic rings. The van der Waals surface area contributed by atoms with Gasteiger partial charge in [-0.1, -0.05) is 0 Å². The molecule has 92 valence electrons. The molecule has 1 saturated heterocycles. The minimum absolute atomic E-state index is 0.249. The van der Waals surface area contributed by atoms with E-state index in [0.717, 1.165) is 12.2 Å². The maximum Gasteiger partial charge on any atom is 0.339 e. The van der Waals surface area contributed by atoms with Crippen LogP contribution < -0.4 is 5.32 Å². The highest BCUT2D eigenvalue weighted by atomic mass is 32.2. The third kappa shape index (κ3) is 3.12.